The topological polar surface area (TPSA) is 46.9 Å². The van der Waals surface area contributed by atoms with E-state index in [1.165, 1.54) is 0 Å². The van der Waals surface area contributed by atoms with Gasteiger partial charge in [0.15, 0.2) is 0 Å². The van der Waals surface area contributed by atoms with Crippen LogP contribution in [0.2, 0.25) is 0 Å². The molecule has 0 saturated carbocycles. The van der Waals surface area contributed by atoms with Crippen molar-refractivity contribution in [1.29, 1.82) is 0 Å². The number of nitrogens with one attached hydrogen (secondary N) is 1. The number of fused-ring (bicyclic) bond motifs is 1. The van der Waals surface area contributed by atoms with E-state index in [9.17, 15) is 4.79 Å². The molecule has 2 aromatic carbocycles. The van der Waals surface area contributed by atoms with Crippen LogP contribution < -0.4 is 5.32 Å². The monoisotopic (exact) mass is 319 g/mol. The van der Waals surface area contributed by atoms with Crippen molar-refractivity contribution in [3.8, 4) is 0 Å². The van der Waals surface area contributed by atoms with E-state index >= 15 is 0 Å². The van der Waals surface area contributed by atoms with Gasteiger partial charge in [0.1, 0.15) is 5.82 Å². The number of carbonyl (C=O) groups is 1. The molecule has 1 heterocycles. The molecule has 0 aliphatic heterocycles. The van der Waals surface area contributed by atoms with Gasteiger partial charge in [0.2, 0.25) is 5.91 Å². The molecule has 0 spiro atoms. The molecule has 24 heavy (non-hydrogen) atoms. The van der Waals surface area contributed by atoms with E-state index in [-0.39, 0.29) is 5.91 Å². The molecule has 3 rings (SSSR count). The third-order valence-corrected chi connectivity index (χ3v) is 3.92. The second-order valence-electron chi connectivity index (χ2n) is 5.55. The molecular weight excluding hydrogens is 298 g/mol. The van der Waals surface area contributed by atoms with Crippen LogP contribution in [0.4, 0.5) is 0 Å². The van der Waals surface area contributed by atoms with Gasteiger partial charge in [-0.2, -0.15) is 0 Å². The summed E-state index contributed by atoms with van der Waals surface area (Å²) in [7, 11) is 0. The lowest BCUT2D eigenvalue weighted by atomic mass is 10.2. The molecule has 0 unspecified atom stereocenters. The Kier molecular flexibility index (Phi) is 5.06. The number of amides is 1. The van der Waals surface area contributed by atoms with Crippen molar-refractivity contribution in [3.63, 3.8) is 0 Å². The molecular formula is C20H21N3O. The first kappa shape index (κ1) is 16.0. The van der Waals surface area contributed by atoms with Crippen LogP contribution in [0, 0.1) is 0 Å². The van der Waals surface area contributed by atoms with Crippen LogP contribution in [-0.2, 0) is 17.8 Å². The van der Waals surface area contributed by atoms with Gasteiger partial charge in [0, 0.05) is 25.6 Å². The van der Waals surface area contributed by atoms with Crippen LogP contribution in [-0.4, -0.2) is 22.0 Å². The minimum Gasteiger partial charge on any atom is -0.352 e. The molecule has 0 atom stereocenters. The quantitative estimate of drug-likeness (QED) is 0.708. The molecule has 0 aliphatic carbocycles. The zero-order chi connectivity index (χ0) is 16.8. The minimum atomic E-state index is -0.0852. The van der Waals surface area contributed by atoms with Crippen LogP contribution in [0.3, 0.4) is 0 Å². The van der Waals surface area contributed by atoms with E-state index in [2.05, 4.69) is 27.9 Å². The Morgan fingerprint density at radius 3 is 2.67 bits per heavy atom. The fourth-order valence-corrected chi connectivity index (χ4v) is 2.76. The number of aromatic nitrogens is 2. The molecule has 0 fully saturated rings. The average molecular weight is 319 g/mol. The third kappa shape index (κ3) is 3.71. The molecule has 1 N–H and O–H groups in total. The van der Waals surface area contributed by atoms with Crippen LogP contribution >= 0.6 is 0 Å². The summed E-state index contributed by atoms with van der Waals surface area (Å²) in [5.41, 5.74) is 3.16. The number of para-hydroxylation sites is 2. The Balaban J connectivity index is 1.58. The van der Waals surface area contributed by atoms with Gasteiger partial charge < -0.3 is 9.88 Å². The molecule has 1 amide bonds. The van der Waals surface area contributed by atoms with Gasteiger partial charge in [-0.25, -0.2) is 4.98 Å². The standard InChI is InChI=1S/C20H21N3O/c1-2-23-18-11-7-6-10-17(18)22-19(23)14-15-21-20(24)13-12-16-8-4-3-5-9-16/h3-13H,2,14-15H2,1H3,(H,21,24)/b13-12+. The van der Waals surface area contributed by atoms with E-state index in [1.807, 2.05) is 54.6 Å². The average Bonchev–Trinajstić information content (AvgIpc) is 2.98. The van der Waals surface area contributed by atoms with Crippen molar-refractivity contribution in [3.05, 3.63) is 72.1 Å². The number of hydrogen-bond donors (Lipinski definition) is 1. The first-order valence-corrected chi connectivity index (χ1v) is 8.23. The Labute approximate surface area is 141 Å². The highest BCUT2D eigenvalue weighted by atomic mass is 16.1. The minimum absolute atomic E-state index is 0.0852. The van der Waals surface area contributed by atoms with Gasteiger partial charge >= 0.3 is 0 Å². The van der Waals surface area contributed by atoms with Gasteiger partial charge in [-0.1, -0.05) is 42.5 Å². The maximum absolute atomic E-state index is 11.9. The molecule has 4 heteroatoms. The van der Waals surface area contributed by atoms with Gasteiger partial charge in [0.05, 0.1) is 11.0 Å². The summed E-state index contributed by atoms with van der Waals surface area (Å²) in [6.45, 7) is 3.55. The zero-order valence-electron chi connectivity index (χ0n) is 13.8. The zero-order valence-corrected chi connectivity index (χ0v) is 13.8. The summed E-state index contributed by atoms with van der Waals surface area (Å²) in [4.78, 5) is 16.6. The molecule has 0 bridgehead atoms. The van der Waals surface area contributed by atoms with Gasteiger partial charge in [-0.15, -0.1) is 0 Å². The Bertz CT molecular complexity index is 850. The number of benzene rings is 2. The Hall–Kier alpha value is -2.88. The van der Waals surface area contributed by atoms with E-state index in [1.54, 1.807) is 6.08 Å². The summed E-state index contributed by atoms with van der Waals surface area (Å²) < 4.78 is 2.20. The van der Waals surface area contributed by atoms with Crippen molar-refractivity contribution >= 4 is 23.0 Å². The number of hydrogen-bond acceptors (Lipinski definition) is 2. The van der Waals surface area contributed by atoms with Crippen molar-refractivity contribution < 1.29 is 4.79 Å². The second-order valence-corrected chi connectivity index (χ2v) is 5.55. The van der Waals surface area contributed by atoms with Crippen LogP contribution in [0.15, 0.2) is 60.7 Å². The number of nitrogens with zero attached hydrogens (tertiary/aromatic N) is 2. The van der Waals surface area contributed by atoms with Gasteiger partial charge in [-0.05, 0) is 30.7 Å². The number of imidazole rings is 1. The van der Waals surface area contributed by atoms with Crippen LogP contribution in [0.25, 0.3) is 17.1 Å². The van der Waals surface area contributed by atoms with Crippen molar-refractivity contribution in [1.82, 2.24) is 14.9 Å². The summed E-state index contributed by atoms with van der Waals surface area (Å²) in [6, 6.07) is 17.9. The van der Waals surface area contributed by atoms with Crippen LogP contribution in [0.5, 0.6) is 0 Å². The molecule has 0 radical (unpaired) electrons. The summed E-state index contributed by atoms with van der Waals surface area (Å²) in [5.74, 6) is 0.920. The van der Waals surface area contributed by atoms with Crippen molar-refractivity contribution in [2.75, 3.05) is 6.54 Å². The van der Waals surface area contributed by atoms with Gasteiger partial charge in [-0.3, -0.25) is 4.79 Å². The fourth-order valence-electron chi connectivity index (χ4n) is 2.76. The first-order valence-electron chi connectivity index (χ1n) is 8.23. The molecule has 1 aromatic heterocycles. The first-order chi connectivity index (χ1) is 11.8. The van der Waals surface area contributed by atoms with E-state index in [0.717, 1.165) is 29.0 Å². The number of carbonyl (C=O) groups excluding carboxylic acids is 1. The molecule has 3 aromatic rings. The lowest BCUT2D eigenvalue weighted by Crippen LogP contribution is -2.24. The lowest BCUT2D eigenvalue weighted by Gasteiger charge is -2.06. The van der Waals surface area contributed by atoms with E-state index in [0.29, 0.717) is 13.0 Å². The SMILES string of the molecule is CCn1c(CCNC(=O)/C=C/c2ccccc2)nc2ccccc21. The van der Waals surface area contributed by atoms with Gasteiger partial charge in [0.25, 0.3) is 0 Å². The predicted molar refractivity (Wildman–Crippen MR) is 97.6 cm³/mol. The second kappa shape index (κ2) is 7.59. The van der Waals surface area contributed by atoms with Crippen LogP contribution in [0.1, 0.15) is 18.3 Å². The highest BCUT2D eigenvalue weighted by Gasteiger charge is 2.08. The third-order valence-electron chi connectivity index (χ3n) is 3.92. The number of rotatable bonds is 6. The summed E-state index contributed by atoms with van der Waals surface area (Å²) in [5, 5.41) is 2.92. The normalized spacial score (nSPS) is 11.2. The molecule has 122 valence electrons. The largest absolute Gasteiger partial charge is 0.352 e. The fraction of sp³-hybridized carbons (Fsp3) is 0.200. The summed E-state index contributed by atoms with van der Waals surface area (Å²) >= 11 is 0. The Morgan fingerprint density at radius 1 is 1.12 bits per heavy atom. The highest BCUT2D eigenvalue weighted by molar-refractivity contribution is 5.91. The smallest absolute Gasteiger partial charge is 0.244 e. The van der Waals surface area contributed by atoms with Crippen molar-refractivity contribution in [2.24, 2.45) is 0 Å². The van der Waals surface area contributed by atoms with E-state index < -0.39 is 0 Å². The highest BCUT2D eigenvalue weighted by Crippen LogP contribution is 2.15. The molecule has 0 aliphatic rings. The Morgan fingerprint density at radius 2 is 1.88 bits per heavy atom. The summed E-state index contributed by atoms with van der Waals surface area (Å²) in [6.07, 6.45) is 4.10. The van der Waals surface area contributed by atoms with Crippen molar-refractivity contribution in [2.45, 2.75) is 19.9 Å². The maximum Gasteiger partial charge on any atom is 0.244 e. The number of aryl methyl sites for hydroxylation is 1. The predicted octanol–water partition coefficient (Wildman–Crippen LogP) is 3.43. The molecule has 4 nitrogen and oxygen atoms in total. The van der Waals surface area contributed by atoms with E-state index in [4.69, 9.17) is 0 Å². The lowest BCUT2D eigenvalue weighted by molar-refractivity contribution is -0.116. The maximum atomic E-state index is 11.9. The molecule has 0 saturated heterocycles.